The number of para-hydroxylation sites is 1. The third-order valence-corrected chi connectivity index (χ3v) is 3.56. The van der Waals surface area contributed by atoms with Gasteiger partial charge in [-0.3, -0.25) is 4.79 Å². The molecule has 0 bridgehead atoms. The van der Waals surface area contributed by atoms with E-state index < -0.39 is 0 Å². The van der Waals surface area contributed by atoms with Gasteiger partial charge in [-0.15, -0.1) is 0 Å². The molecule has 3 nitrogen and oxygen atoms in total. The maximum absolute atomic E-state index is 12.9. The van der Waals surface area contributed by atoms with Gasteiger partial charge in [-0.25, -0.2) is 4.39 Å². The van der Waals surface area contributed by atoms with E-state index in [-0.39, 0.29) is 11.7 Å². The summed E-state index contributed by atoms with van der Waals surface area (Å²) < 4.78 is 18.5. The van der Waals surface area contributed by atoms with Gasteiger partial charge in [0.25, 0.3) is 5.91 Å². The Hall–Kier alpha value is -3.14. The molecule has 0 radical (unpaired) electrons. The molecule has 0 aliphatic carbocycles. The summed E-state index contributed by atoms with van der Waals surface area (Å²) in [6, 6.07) is 20.1. The minimum absolute atomic E-state index is 0.183. The van der Waals surface area contributed by atoms with Gasteiger partial charge in [0.15, 0.2) is 0 Å². The lowest BCUT2D eigenvalue weighted by Crippen LogP contribution is -2.12. The SMILES string of the molecule is Cc1ccccc1NC(=O)c1ccc(Oc2ccc(F)cc2)cc1. The van der Waals surface area contributed by atoms with Gasteiger partial charge in [-0.05, 0) is 67.1 Å². The Morgan fingerprint density at radius 2 is 1.46 bits per heavy atom. The fraction of sp³-hybridized carbons (Fsp3) is 0.0500. The van der Waals surface area contributed by atoms with Crippen LogP contribution in [0.1, 0.15) is 15.9 Å². The van der Waals surface area contributed by atoms with E-state index in [0.717, 1.165) is 11.3 Å². The Morgan fingerprint density at radius 1 is 0.875 bits per heavy atom. The molecule has 0 atom stereocenters. The molecule has 1 N–H and O–H groups in total. The van der Waals surface area contributed by atoms with Gasteiger partial charge in [0, 0.05) is 11.3 Å². The van der Waals surface area contributed by atoms with Gasteiger partial charge < -0.3 is 10.1 Å². The molecule has 0 heterocycles. The molecule has 0 aromatic heterocycles. The molecular weight excluding hydrogens is 305 g/mol. The van der Waals surface area contributed by atoms with E-state index in [4.69, 9.17) is 4.74 Å². The number of hydrogen-bond donors (Lipinski definition) is 1. The topological polar surface area (TPSA) is 38.3 Å². The molecule has 0 aliphatic rings. The normalized spacial score (nSPS) is 10.2. The van der Waals surface area contributed by atoms with Gasteiger partial charge in [0.1, 0.15) is 17.3 Å². The molecule has 3 rings (SSSR count). The molecular formula is C20H16FNO2. The first kappa shape index (κ1) is 15.7. The van der Waals surface area contributed by atoms with E-state index in [9.17, 15) is 9.18 Å². The first-order valence-electron chi connectivity index (χ1n) is 7.52. The van der Waals surface area contributed by atoms with Crippen LogP contribution in [0, 0.1) is 12.7 Å². The molecule has 120 valence electrons. The lowest BCUT2D eigenvalue weighted by atomic mass is 10.1. The van der Waals surface area contributed by atoms with Gasteiger partial charge in [0.05, 0.1) is 0 Å². The standard InChI is InChI=1S/C20H16FNO2/c1-14-4-2-3-5-19(14)22-20(23)15-6-10-17(11-7-15)24-18-12-8-16(21)9-13-18/h2-13H,1H3,(H,22,23). The average molecular weight is 321 g/mol. The molecule has 24 heavy (non-hydrogen) atoms. The highest BCUT2D eigenvalue weighted by Gasteiger charge is 2.08. The highest BCUT2D eigenvalue weighted by Crippen LogP contribution is 2.22. The van der Waals surface area contributed by atoms with E-state index in [1.165, 1.54) is 12.1 Å². The van der Waals surface area contributed by atoms with Crippen molar-refractivity contribution < 1.29 is 13.9 Å². The van der Waals surface area contributed by atoms with Gasteiger partial charge in [-0.1, -0.05) is 18.2 Å². The van der Waals surface area contributed by atoms with Crippen LogP contribution < -0.4 is 10.1 Å². The molecule has 0 saturated heterocycles. The van der Waals surface area contributed by atoms with Gasteiger partial charge in [-0.2, -0.15) is 0 Å². The molecule has 0 aliphatic heterocycles. The fourth-order valence-electron chi connectivity index (χ4n) is 2.22. The summed E-state index contributed by atoms with van der Waals surface area (Å²) in [5.74, 6) is 0.616. The van der Waals surface area contributed by atoms with Crippen molar-refractivity contribution in [2.45, 2.75) is 6.92 Å². The third-order valence-electron chi connectivity index (χ3n) is 3.56. The molecule has 0 fully saturated rings. The largest absolute Gasteiger partial charge is 0.457 e. The van der Waals surface area contributed by atoms with Crippen LogP contribution in [0.2, 0.25) is 0 Å². The van der Waals surface area contributed by atoms with Gasteiger partial charge >= 0.3 is 0 Å². The van der Waals surface area contributed by atoms with E-state index >= 15 is 0 Å². The van der Waals surface area contributed by atoms with Crippen LogP contribution in [0.5, 0.6) is 11.5 Å². The second kappa shape index (κ2) is 6.96. The number of amides is 1. The number of ether oxygens (including phenoxy) is 1. The summed E-state index contributed by atoms with van der Waals surface area (Å²) in [6.45, 7) is 1.94. The molecule has 3 aromatic carbocycles. The smallest absolute Gasteiger partial charge is 0.255 e. The Kier molecular flexibility index (Phi) is 4.57. The van der Waals surface area contributed by atoms with Crippen molar-refractivity contribution in [3.63, 3.8) is 0 Å². The number of carbonyl (C=O) groups is 1. The Morgan fingerprint density at radius 3 is 2.08 bits per heavy atom. The van der Waals surface area contributed by atoms with Crippen molar-refractivity contribution in [3.05, 3.63) is 89.7 Å². The Labute approximate surface area is 139 Å². The van der Waals surface area contributed by atoms with Crippen LogP contribution in [0.3, 0.4) is 0 Å². The lowest BCUT2D eigenvalue weighted by molar-refractivity contribution is 0.102. The zero-order valence-electron chi connectivity index (χ0n) is 13.1. The highest BCUT2D eigenvalue weighted by atomic mass is 19.1. The van der Waals surface area contributed by atoms with Crippen LogP contribution in [0.25, 0.3) is 0 Å². The molecule has 3 aromatic rings. The summed E-state index contributed by atoms with van der Waals surface area (Å²) in [7, 11) is 0. The molecule has 4 heteroatoms. The molecule has 1 amide bonds. The Balaban J connectivity index is 1.68. The van der Waals surface area contributed by atoms with Crippen LogP contribution in [0.15, 0.2) is 72.8 Å². The van der Waals surface area contributed by atoms with Crippen molar-refractivity contribution in [2.24, 2.45) is 0 Å². The predicted octanol–water partition coefficient (Wildman–Crippen LogP) is 5.18. The first-order chi connectivity index (χ1) is 11.6. The molecule has 0 unspecified atom stereocenters. The summed E-state index contributed by atoms with van der Waals surface area (Å²) in [6.07, 6.45) is 0. The fourth-order valence-corrected chi connectivity index (χ4v) is 2.22. The van der Waals surface area contributed by atoms with Crippen molar-refractivity contribution in [2.75, 3.05) is 5.32 Å². The number of carbonyl (C=O) groups excluding carboxylic acids is 1. The van der Waals surface area contributed by atoms with Crippen LogP contribution in [0.4, 0.5) is 10.1 Å². The van der Waals surface area contributed by atoms with Gasteiger partial charge in [0.2, 0.25) is 0 Å². The van der Waals surface area contributed by atoms with Crippen LogP contribution in [-0.4, -0.2) is 5.91 Å². The number of aryl methyl sites for hydroxylation is 1. The van der Waals surface area contributed by atoms with E-state index in [2.05, 4.69) is 5.32 Å². The zero-order valence-corrected chi connectivity index (χ0v) is 13.1. The van der Waals surface area contributed by atoms with E-state index in [1.807, 2.05) is 31.2 Å². The zero-order chi connectivity index (χ0) is 16.9. The minimum atomic E-state index is -0.314. The van der Waals surface area contributed by atoms with Crippen LogP contribution in [-0.2, 0) is 0 Å². The van der Waals surface area contributed by atoms with E-state index in [1.54, 1.807) is 36.4 Å². The summed E-state index contributed by atoms with van der Waals surface area (Å²) >= 11 is 0. The van der Waals surface area contributed by atoms with Crippen LogP contribution >= 0.6 is 0 Å². The summed E-state index contributed by atoms with van der Waals surface area (Å²) in [5.41, 5.74) is 2.32. The molecule has 0 saturated carbocycles. The van der Waals surface area contributed by atoms with Crippen molar-refractivity contribution >= 4 is 11.6 Å². The number of rotatable bonds is 4. The number of anilines is 1. The quantitative estimate of drug-likeness (QED) is 0.719. The number of benzene rings is 3. The number of nitrogens with one attached hydrogen (secondary N) is 1. The summed E-state index contributed by atoms with van der Waals surface area (Å²) in [5, 5.41) is 2.88. The molecule has 0 spiro atoms. The monoisotopic (exact) mass is 321 g/mol. The Bertz CT molecular complexity index is 842. The highest BCUT2D eigenvalue weighted by molar-refractivity contribution is 6.04. The average Bonchev–Trinajstić information content (AvgIpc) is 2.59. The number of hydrogen-bond acceptors (Lipinski definition) is 2. The maximum Gasteiger partial charge on any atom is 0.255 e. The van der Waals surface area contributed by atoms with Crippen molar-refractivity contribution in [1.82, 2.24) is 0 Å². The van der Waals surface area contributed by atoms with E-state index in [0.29, 0.717) is 17.1 Å². The first-order valence-corrected chi connectivity index (χ1v) is 7.52. The second-order valence-electron chi connectivity index (χ2n) is 5.35. The number of halogens is 1. The second-order valence-corrected chi connectivity index (χ2v) is 5.35. The predicted molar refractivity (Wildman–Crippen MR) is 92.0 cm³/mol. The lowest BCUT2D eigenvalue weighted by Gasteiger charge is -2.09. The third kappa shape index (κ3) is 3.79. The van der Waals surface area contributed by atoms with Crippen molar-refractivity contribution in [1.29, 1.82) is 0 Å². The summed E-state index contributed by atoms with van der Waals surface area (Å²) in [4.78, 5) is 12.3. The van der Waals surface area contributed by atoms with Crippen molar-refractivity contribution in [3.8, 4) is 11.5 Å². The maximum atomic E-state index is 12.9. The minimum Gasteiger partial charge on any atom is -0.457 e.